The molecule has 23 heavy (non-hydrogen) atoms. The van der Waals surface area contributed by atoms with Crippen LogP contribution < -0.4 is 5.43 Å². The Morgan fingerprint density at radius 1 is 1.17 bits per heavy atom. The third-order valence-corrected chi connectivity index (χ3v) is 3.45. The average molecular weight is 354 g/mol. The van der Waals surface area contributed by atoms with Crippen LogP contribution in [0.5, 0.6) is 5.75 Å². The third kappa shape index (κ3) is 3.97. The number of phenolic OH excluding ortho intramolecular Hbond substituents is 1. The van der Waals surface area contributed by atoms with Crippen LogP contribution in [0.15, 0.2) is 41.5 Å². The van der Waals surface area contributed by atoms with Gasteiger partial charge in [0, 0.05) is 17.7 Å². The first-order chi connectivity index (χ1) is 10.9. The van der Waals surface area contributed by atoms with E-state index in [1.807, 2.05) is 0 Å². The highest BCUT2D eigenvalue weighted by Gasteiger charge is 2.10. The number of nitro benzene ring substituents is 1. The van der Waals surface area contributed by atoms with Gasteiger partial charge in [0.1, 0.15) is 5.75 Å². The van der Waals surface area contributed by atoms with Crippen molar-refractivity contribution in [3.05, 3.63) is 67.7 Å². The molecule has 0 aromatic heterocycles. The van der Waals surface area contributed by atoms with E-state index in [1.165, 1.54) is 36.4 Å². The van der Waals surface area contributed by atoms with Gasteiger partial charge in [-0.3, -0.25) is 14.9 Å². The quantitative estimate of drug-likeness (QED) is 0.499. The zero-order valence-corrected chi connectivity index (χ0v) is 12.9. The maximum absolute atomic E-state index is 11.8. The number of hydrazone groups is 1. The molecule has 0 unspecified atom stereocenters. The van der Waals surface area contributed by atoms with E-state index in [9.17, 15) is 20.0 Å². The van der Waals surface area contributed by atoms with Crippen molar-refractivity contribution in [2.75, 3.05) is 0 Å². The van der Waals surface area contributed by atoms with E-state index in [0.717, 1.165) is 6.21 Å². The second-order valence-electron chi connectivity index (χ2n) is 4.29. The fourth-order valence-electron chi connectivity index (χ4n) is 1.63. The van der Waals surface area contributed by atoms with Gasteiger partial charge < -0.3 is 5.11 Å². The largest absolute Gasteiger partial charge is 0.506 e. The third-order valence-electron chi connectivity index (χ3n) is 2.81. The summed E-state index contributed by atoms with van der Waals surface area (Å²) >= 11 is 11.6. The van der Waals surface area contributed by atoms with Gasteiger partial charge in [0.15, 0.2) is 0 Å². The minimum absolute atomic E-state index is 0.0949. The van der Waals surface area contributed by atoms with Crippen LogP contribution in [0.4, 0.5) is 5.69 Å². The van der Waals surface area contributed by atoms with Crippen LogP contribution in [-0.4, -0.2) is 22.2 Å². The number of hydrogen-bond acceptors (Lipinski definition) is 5. The average Bonchev–Trinajstić information content (AvgIpc) is 2.54. The zero-order valence-electron chi connectivity index (χ0n) is 11.4. The highest BCUT2D eigenvalue weighted by Crippen LogP contribution is 2.31. The molecule has 0 radical (unpaired) electrons. The molecule has 0 aliphatic carbocycles. The van der Waals surface area contributed by atoms with Crippen molar-refractivity contribution in [1.82, 2.24) is 5.43 Å². The van der Waals surface area contributed by atoms with E-state index >= 15 is 0 Å². The highest BCUT2D eigenvalue weighted by atomic mass is 35.5. The summed E-state index contributed by atoms with van der Waals surface area (Å²) in [5.74, 6) is -0.832. The Bertz CT molecular complexity index is 791. The van der Waals surface area contributed by atoms with Gasteiger partial charge >= 0.3 is 0 Å². The van der Waals surface area contributed by atoms with Gasteiger partial charge in [-0.2, -0.15) is 5.10 Å². The normalized spacial score (nSPS) is 10.7. The highest BCUT2D eigenvalue weighted by molar-refractivity contribution is 6.36. The van der Waals surface area contributed by atoms with Crippen molar-refractivity contribution in [2.45, 2.75) is 0 Å². The number of carbonyl (C=O) groups excluding carboxylic acids is 1. The zero-order chi connectivity index (χ0) is 17.0. The Morgan fingerprint density at radius 2 is 1.78 bits per heavy atom. The van der Waals surface area contributed by atoms with Crippen LogP contribution in [-0.2, 0) is 0 Å². The molecular formula is C14H9Cl2N3O4. The molecule has 118 valence electrons. The summed E-state index contributed by atoms with van der Waals surface area (Å²) < 4.78 is 0. The first-order valence-corrected chi connectivity index (χ1v) is 6.90. The Balaban J connectivity index is 2.10. The Kier molecular flexibility index (Phi) is 5.15. The number of amides is 1. The van der Waals surface area contributed by atoms with Gasteiger partial charge in [0.2, 0.25) is 0 Å². The summed E-state index contributed by atoms with van der Waals surface area (Å²) in [6.45, 7) is 0. The molecule has 0 spiro atoms. The van der Waals surface area contributed by atoms with Crippen molar-refractivity contribution in [3.8, 4) is 5.75 Å². The van der Waals surface area contributed by atoms with Crippen molar-refractivity contribution in [2.24, 2.45) is 5.10 Å². The molecule has 2 aromatic carbocycles. The fraction of sp³-hybridized carbons (Fsp3) is 0. The number of non-ortho nitro benzene ring substituents is 1. The number of phenols is 1. The van der Waals surface area contributed by atoms with Crippen LogP contribution in [0, 0.1) is 10.1 Å². The SMILES string of the molecule is O=C(N/N=C/c1c(Cl)ccc(Cl)c1O)c1ccc([N+](=O)[O-])cc1. The number of nitro groups is 1. The number of halogens is 2. The van der Waals surface area contributed by atoms with Gasteiger partial charge in [0.25, 0.3) is 11.6 Å². The van der Waals surface area contributed by atoms with Gasteiger partial charge in [-0.25, -0.2) is 5.43 Å². The predicted molar refractivity (Wildman–Crippen MR) is 86.3 cm³/mol. The molecule has 7 nitrogen and oxygen atoms in total. The molecule has 0 aliphatic heterocycles. The first-order valence-electron chi connectivity index (χ1n) is 6.15. The molecule has 1 amide bonds. The number of nitrogens with one attached hydrogen (secondary N) is 1. The lowest BCUT2D eigenvalue weighted by molar-refractivity contribution is -0.384. The molecule has 9 heteroatoms. The Labute approximate surface area is 140 Å². The van der Waals surface area contributed by atoms with E-state index < -0.39 is 10.8 Å². The summed E-state index contributed by atoms with van der Waals surface area (Å²) in [4.78, 5) is 21.8. The topological polar surface area (TPSA) is 105 Å². The fourth-order valence-corrected chi connectivity index (χ4v) is 2.00. The van der Waals surface area contributed by atoms with E-state index in [2.05, 4.69) is 10.5 Å². The Morgan fingerprint density at radius 3 is 2.39 bits per heavy atom. The van der Waals surface area contributed by atoms with Crippen LogP contribution >= 0.6 is 23.2 Å². The van der Waals surface area contributed by atoms with E-state index in [-0.39, 0.29) is 32.6 Å². The molecule has 0 saturated carbocycles. The van der Waals surface area contributed by atoms with Gasteiger partial charge in [0.05, 0.1) is 26.7 Å². The lowest BCUT2D eigenvalue weighted by Gasteiger charge is -2.04. The van der Waals surface area contributed by atoms with Crippen molar-refractivity contribution < 1.29 is 14.8 Å². The Hall–Kier alpha value is -2.64. The number of benzene rings is 2. The number of hydrogen-bond donors (Lipinski definition) is 2. The van der Waals surface area contributed by atoms with Crippen molar-refractivity contribution in [1.29, 1.82) is 0 Å². The second-order valence-corrected chi connectivity index (χ2v) is 5.11. The molecule has 0 bridgehead atoms. The van der Waals surface area contributed by atoms with E-state index in [0.29, 0.717) is 0 Å². The summed E-state index contributed by atoms with van der Waals surface area (Å²) in [6, 6.07) is 7.91. The number of aromatic hydroxyl groups is 1. The van der Waals surface area contributed by atoms with Crippen LogP contribution in [0.2, 0.25) is 10.0 Å². The number of carbonyl (C=O) groups is 1. The van der Waals surface area contributed by atoms with Crippen LogP contribution in [0.25, 0.3) is 0 Å². The van der Waals surface area contributed by atoms with E-state index in [1.54, 1.807) is 0 Å². The van der Waals surface area contributed by atoms with Gasteiger partial charge in [-0.05, 0) is 24.3 Å². The standard InChI is InChI=1S/C14H9Cl2N3O4/c15-11-5-6-12(16)13(20)10(11)7-17-18-14(21)8-1-3-9(4-2-8)19(22)23/h1-7,20H,(H,18,21)/b17-7+. The van der Waals surface area contributed by atoms with Gasteiger partial charge in [-0.1, -0.05) is 23.2 Å². The van der Waals surface area contributed by atoms with Crippen molar-refractivity contribution in [3.63, 3.8) is 0 Å². The molecule has 2 N–H and O–H groups in total. The molecule has 2 aromatic rings. The van der Waals surface area contributed by atoms with Crippen LogP contribution in [0.1, 0.15) is 15.9 Å². The number of rotatable bonds is 4. The summed E-state index contributed by atoms with van der Waals surface area (Å²) in [6.07, 6.45) is 1.15. The molecule has 0 heterocycles. The predicted octanol–water partition coefficient (Wildman–Crippen LogP) is 3.37. The smallest absolute Gasteiger partial charge is 0.271 e. The summed E-state index contributed by atoms with van der Waals surface area (Å²) in [7, 11) is 0. The van der Waals surface area contributed by atoms with Gasteiger partial charge in [-0.15, -0.1) is 0 Å². The van der Waals surface area contributed by atoms with E-state index in [4.69, 9.17) is 23.2 Å². The minimum atomic E-state index is -0.575. The lowest BCUT2D eigenvalue weighted by Crippen LogP contribution is -2.17. The molecule has 2 rings (SSSR count). The lowest BCUT2D eigenvalue weighted by atomic mass is 10.2. The van der Waals surface area contributed by atoms with Crippen molar-refractivity contribution >= 4 is 41.0 Å². The minimum Gasteiger partial charge on any atom is -0.506 e. The molecule has 0 saturated heterocycles. The summed E-state index contributed by atoms with van der Waals surface area (Å²) in [5.41, 5.74) is 2.44. The van der Waals surface area contributed by atoms with Crippen LogP contribution in [0.3, 0.4) is 0 Å². The molecule has 0 fully saturated rings. The maximum Gasteiger partial charge on any atom is 0.271 e. The molecule has 0 atom stereocenters. The number of nitrogens with zero attached hydrogens (tertiary/aromatic N) is 2. The first kappa shape index (κ1) is 16.7. The molecule has 0 aliphatic rings. The maximum atomic E-state index is 11.8. The molecular weight excluding hydrogens is 345 g/mol. The summed E-state index contributed by atoms with van der Waals surface area (Å²) in [5, 5.41) is 24.3. The second kappa shape index (κ2) is 7.08. The monoisotopic (exact) mass is 353 g/mol.